The van der Waals surface area contributed by atoms with E-state index in [1.165, 1.54) is 6.92 Å². The molecule has 0 unspecified atom stereocenters. The Morgan fingerprint density at radius 3 is 2.77 bits per heavy atom. The van der Waals surface area contributed by atoms with Crippen LogP contribution in [0, 0.1) is 0 Å². The fourth-order valence-corrected chi connectivity index (χ4v) is 4.26. The first-order chi connectivity index (χ1) is 12.3. The number of aryl methyl sites for hydroxylation is 1. The van der Waals surface area contributed by atoms with E-state index in [0.29, 0.717) is 13.0 Å². The van der Waals surface area contributed by atoms with Crippen LogP contribution >= 0.6 is 0 Å². The summed E-state index contributed by atoms with van der Waals surface area (Å²) in [5.41, 5.74) is 1.93. The molecule has 1 N–H and O–H groups in total. The van der Waals surface area contributed by atoms with Gasteiger partial charge in [-0.05, 0) is 37.8 Å². The third-order valence-electron chi connectivity index (χ3n) is 4.23. The van der Waals surface area contributed by atoms with E-state index in [9.17, 15) is 18.0 Å². The number of rotatable bonds is 8. The van der Waals surface area contributed by atoms with Crippen molar-refractivity contribution in [3.05, 3.63) is 29.8 Å². The van der Waals surface area contributed by atoms with E-state index in [1.807, 2.05) is 31.2 Å². The van der Waals surface area contributed by atoms with Gasteiger partial charge in [-0.3, -0.25) is 9.59 Å². The van der Waals surface area contributed by atoms with Gasteiger partial charge in [0.2, 0.25) is 10.0 Å². The number of hydrogen-bond donors (Lipinski definition) is 1. The Labute approximate surface area is 154 Å². The minimum Gasteiger partial charge on any atom is -0.454 e. The van der Waals surface area contributed by atoms with Crippen molar-refractivity contribution in [1.82, 2.24) is 4.72 Å². The minimum absolute atomic E-state index is 0.0371. The number of para-hydroxylation sites is 1. The first-order valence-corrected chi connectivity index (χ1v) is 10.5. The second-order valence-corrected chi connectivity index (χ2v) is 8.27. The van der Waals surface area contributed by atoms with Gasteiger partial charge in [0.15, 0.2) is 6.61 Å². The standard InChI is InChI=1S/C18H26N2O5S/c1-3-4-12-26(23,24)19-14(2)18(22)25-13-17(21)20-11-7-9-15-8-5-6-10-16(15)20/h5-6,8,10,14,19H,3-4,7,9,11-13H2,1-2H3/t14-/m0/s1. The van der Waals surface area contributed by atoms with Gasteiger partial charge in [0, 0.05) is 12.2 Å². The lowest BCUT2D eigenvalue weighted by molar-refractivity contribution is -0.149. The van der Waals surface area contributed by atoms with Gasteiger partial charge >= 0.3 is 5.97 Å². The monoisotopic (exact) mass is 382 g/mol. The smallest absolute Gasteiger partial charge is 0.324 e. The number of carbonyl (C=O) groups is 2. The summed E-state index contributed by atoms with van der Waals surface area (Å²) in [5, 5.41) is 0. The van der Waals surface area contributed by atoms with E-state index in [1.54, 1.807) is 4.90 Å². The number of amides is 1. The van der Waals surface area contributed by atoms with Crippen molar-refractivity contribution in [2.24, 2.45) is 0 Å². The molecule has 2 rings (SSSR count). The number of unbranched alkanes of at least 4 members (excludes halogenated alkanes) is 1. The van der Waals surface area contributed by atoms with Crippen LogP contribution in [0.5, 0.6) is 0 Å². The number of benzene rings is 1. The zero-order chi connectivity index (χ0) is 19.2. The molecule has 0 spiro atoms. The molecule has 1 aromatic carbocycles. The lowest BCUT2D eigenvalue weighted by Crippen LogP contribution is -2.43. The Morgan fingerprint density at radius 1 is 1.31 bits per heavy atom. The molecule has 1 amide bonds. The number of sulfonamides is 1. The number of anilines is 1. The summed E-state index contributed by atoms with van der Waals surface area (Å²) >= 11 is 0. The van der Waals surface area contributed by atoms with Crippen molar-refractivity contribution >= 4 is 27.6 Å². The third kappa shape index (κ3) is 5.54. The summed E-state index contributed by atoms with van der Waals surface area (Å²) in [6, 6.07) is 6.62. The van der Waals surface area contributed by atoms with Crippen molar-refractivity contribution in [2.45, 2.75) is 45.6 Å². The largest absolute Gasteiger partial charge is 0.454 e. The molecule has 0 bridgehead atoms. The van der Waals surface area contributed by atoms with Gasteiger partial charge in [-0.15, -0.1) is 0 Å². The molecule has 0 aliphatic carbocycles. The molecule has 8 heteroatoms. The van der Waals surface area contributed by atoms with Gasteiger partial charge < -0.3 is 9.64 Å². The number of hydrogen-bond acceptors (Lipinski definition) is 5. The van der Waals surface area contributed by atoms with Crippen molar-refractivity contribution in [3.8, 4) is 0 Å². The van der Waals surface area contributed by atoms with E-state index in [-0.39, 0.29) is 11.7 Å². The topological polar surface area (TPSA) is 92.8 Å². The summed E-state index contributed by atoms with van der Waals surface area (Å²) in [6.07, 6.45) is 3.02. The van der Waals surface area contributed by atoms with Crippen molar-refractivity contribution < 1.29 is 22.7 Å². The normalized spacial score (nSPS) is 15.2. The van der Waals surface area contributed by atoms with Gasteiger partial charge in [0.1, 0.15) is 6.04 Å². The molecule has 0 saturated carbocycles. The maximum atomic E-state index is 12.4. The maximum Gasteiger partial charge on any atom is 0.324 e. The molecule has 0 radical (unpaired) electrons. The van der Waals surface area contributed by atoms with Gasteiger partial charge in [0.25, 0.3) is 5.91 Å². The van der Waals surface area contributed by atoms with Crippen LogP contribution in [-0.4, -0.2) is 45.2 Å². The number of carbonyl (C=O) groups excluding carboxylic acids is 2. The molecule has 26 heavy (non-hydrogen) atoms. The second kappa shape index (κ2) is 9.14. The fraction of sp³-hybridized carbons (Fsp3) is 0.556. The molecular formula is C18H26N2O5S. The Bertz CT molecular complexity index is 748. The zero-order valence-electron chi connectivity index (χ0n) is 15.2. The molecular weight excluding hydrogens is 356 g/mol. The molecule has 0 fully saturated rings. The summed E-state index contributed by atoms with van der Waals surface area (Å²) in [4.78, 5) is 26.0. The van der Waals surface area contributed by atoms with E-state index in [0.717, 1.165) is 30.5 Å². The second-order valence-electron chi connectivity index (χ2n) is 6.40. The highest BCUT2D eigenvalue weighted by molar-refractivity contribution is 7.89. The van der Waals surface area contributed by atoms with Crippen molar-refractivity contribution in [3.63, 3.8) is 0 Å². The van der Waals surface area contributed by atoms with Crippen LogP contribution in [0.25, 0.3) is 0 Å². The first kappa shape index (κ1) is 20.4. The lowest BCUT2D eigenvalue weighted by atomic mass is 10.0. The molecule has 0 aromatic heterocycles. The van der Waals surface area contributed by atoms with Gasteiger partial charge in [-0.1, -0.05) is 31.5 Å². The van der Waals surface area contributed by atoms with Crippen LogP contribution in [0.3, 0.4) is 0 Å². The lowest BCUT2D eigenvalue weighted by Gasteiger charge is -2.29. The molecule has 1 heterocycles. The third-order valence-corrected chi connectivity index (χ3v) is 5.76. The van der Waals surface area contributed by atoms with Crippen LogP contribution in [0.15, 0.2) is 24.3 Å². The van der Waals surface area contributed by atoms with Crippen LogP contribution in [0.2, 0.25) is 0 Å². The summed E-state index contributed by atoms with van der Waals surface area (Å²) in [6.45, 7) is 3.46. The summed E-state index contributed by atoms with van der Waals surface area (Å²) < 4.78 is 31.0. The molecule has 1 atom stereocenters. The number of nitrogens with one attached hydrogen (secondary N) is 1. The number of nitrogens with zero attached hydrogens (tertiary/aromatic N) is 1. The van der Waals surface area contributed by atoms with Crippen LogP contribution in [0.4, 0.5) is 5.69 Å². The van der Waals surface area contributed by atoms with Crippen LogP contribution in [0.1, 0.15) is 38.7 Å². The van der Waals surface area contributed by atoms with Crippen molar-refractivity contribution in [2.75, 3.05) is 23.8 Å². The molecule has 0 saturated heterocycles. The molecule has 1 aromatic rings. The highest BCUT2D eigenvalue weighted by atomic mass is 32.2. The van der Waals surface area contributed by atoms with Gasteiger partial charge in [0.05, 0.1) is 5.75 Å². The predicted octanol–water partition coefficient (Wildman–Crippen LogP) is 1.62. The van der Waals surface area contributed by atoms with Crippen LogP contribution < -0.4 is 9.62 Å². The Kier molecular flexibility index (Phi) is 7.16. The summed E-state index contributed by atoms with van der Waals surface area (Å²) in [5.74, 6) is -1.11. The number of fused-ring (bicyclic) bond motifs is 1. The zero-order valence-corrected chi connectivity index (χ0v) is 16.0. The predicted molar refractivity (Wildman–Crippen MR) is 99.4 cm³/mol. The Balaban J connectivity index is 1.88. The number of ether oxygens (including phenoxy) is 1. The quantitative estimate of drug-likeness (QED) is 0.690. The van der Waals surface area contributed by atoms with E-state index in [4.69, 9.17) is 4.74 Å². The van der Waals surface area contributed by atoms with Gasteiger partial charge in [-0.25, -0.2) is 13.1 Å². The van der Waals surface area contributed by atoms with Crippen molar-refractivity contribution in [1.29, 1.82) is 0 Å². The van der Waals surface area contributed by atoms with Crippen LogP contribution in [-0.2, 0) is 30.8 Å². The highest BCUT2D eigenvalue weighted by Gasteiger charge is 2.25. The first-order valence-electron chi connectivity index (χ1n) is 8.89. The van der Waals surface area contributed by atoms with E-state index < -0.39 is 28.6 Å². The average molecular weight is 382 g/mol. The molecule has 1 aliphatic heterocycles. The van der Waals surface area contributed by atoms with Gasteiger partial charge in [-0.2, -0.15) is 0 Å². The molecule has 144 valence electrons. The Hall–Kier alpha value is -1.93. The average Bonchev–Trinajstić information content (AvgIpc) is 2.63. The molecule has 1 aliphatic rings. The SMILES string of the molecule is CCCCS(=O)(=O)N[C@@H](C)C(=O)OCC(=O)N1CCCc2ccccc21. The fourth-order valence-electron chi connectivity index (χ4n) is 2.84. The maximum absolute atomic E-state index is 12.4. The highest BCUT2D eigenvalue weighted by Crippen LogP contribution is 2.26. The molecule has 7 nitrogen and oxygen atoms in total. The minimum atomic E-state index is -3.53. The van der Waals surface area contributed by atoms with E-state index >= 15 is 0 Å². The number of esters is 1. The summed E-state index contributed by atoms with van der Waals surface area (Å²) in [7, 11) is -3.53. The Morgan fingerprint density at radius 2 is 2.04 bits per heavy atom. The van der Waals surface area contributed by atoms with E-state index in [2.05, 4.69) is 4.72 Å².